The lowest BCUT2D eigenvalue weighted by atomic mass is 9.38. The number of anilines is 3. The van der Waals surface area contributed by atoms with E-state index in [-0.39, 0.29) is 5.41 Å². The highest BCUT2D eigenvalue weighted by Gasteiger charge is 2.64. The van der Waals surface area contributed by atoms with Crippen LogP contribution in [0.1, 0.15) is 11.1 Å². The maximum absolute atomic E-state index is 2.46. The van der Waals surface area contributed by atoms with E-state index in [1.165, 1.54) is 77.2 Å². The second-order valence-corrected chi connectivity index (χ2v) is 16.4. The fraction of sp³-hybridized carbons (Fsp3) is 0.0526. The highest BCUT2D eigenvalue weighted by Crippen LogP contribution is 2.71. The van der Waals surface area contributed by atoms with Gasteiger partial charge in [0.1, 0.15) is 0 Å². The summed E-state index contributed by atoms with van der Waals surface area (Å²) in [4.78, 5) is 2.46. The number of benzene rings is 8. The summed E-state index contributed by atoms with van der Waals surface area (Å²) in [5.41, 5.74) is 17.8. The summed E-state index contributed by atoms with van der Waals surface area (Å²) >= 11 is 0. The van der Waals surface area contributed by atoms with Gasteiger partial charge in [-0.1, -0.05) is 158 Å². The molecule has 0 aliphatic heterocycles. The number of para-hydroxylation sites is 1. The molecule has 2 heteroatoms. The zero-order valence-electron chi connectivity index (χ0n) is 32.3. The summed E-state index contributed by atoms with van der Waals surface area (Å²) in [6.45, 7) is 0. The number of fused-ring (bicyclic) bond motifs is 7. The van der Waals surface area contributed by atoms with E-state index >= 15 is 0 Å². The van der Waals surface area contributed by atoms with Crippen molar-refractivity contribution in [1.82, 2.24) is 4.57 Å². The van der Waals surface area contributed by atoms with Crippen molar-refractivity contribution in [3.8, 4) is 27.9 Å². The largest absolute Gasteiger partial charge is 0.310 e. The van der Waals surface area contributed by atoms with Crippen LogP contribution < -0.4 is 4.90 Å². The molecule has 0 saturated heterocycles. The molecule has 4 aliphatic carbocycles. The minimum absolute atomic E-state index is 0.0349. The zero-order chi connectivity index (χ0) is 38.7. The van der Waals surface area contributed by atoms with E-state index < -0.39 is 0 Å². The fourth-order valence-electron chi connectivity index (χ4n) is 11.1. The van der Waals surface area contributed by atoms with E-state index in [9.17, 15) is 0 Å². The van der Waals surface area contributed by atoms with Gasteiger partial charge in [-0.15, -0.1) is 0 Å². The first-order valence-electron chi connectivity index (χ1n) is 20.8. The van der Waals surface area contributed by atoms with E-state index in [1.54, 1.807) is 5.57 Å². The predicted octanol–water partition coefficient (Wildman–Crippen LogP) is 14.6. The zero-order valence-corrected chi connectivity index (χ0v) is 32.3. The Bertz CT molecular complexity index is 3290. The van der Waals surface area contributed by atoms with Gasteiger partial charge in [0, 0.05) is 45.1 Å². The minimum Gasteiger partial charge on any atom is -0.310 e. The summed E-state index contributed by atoms with van der Waals surface area (Å²) in [5, 5.41) is 5.22. The van der Waals surface area contributed by atoms with E-state index in [0.717, 1.165) is 17.1 Å². The standard InChI is InChI=1S/C57H38N2/c1-3-12-37(13-4-1)39-24-27-42(28-25-39)58(53-35-33-51-56-46(53)19-11-22-50(56)57(51)48-20-9-16-40-17-10-21-49(57)55(40)48)43-29-31-44(32-30-43)59-52-23-8-7-18-45(52)47-36-41(26-34-54(47)59)38-14-5-2-6-15-38/h1-36,48,55H. The third-order valence-corrected chi connectivity index (χ3v) is 13.7. The highest BCUT2D eigenvalue weighted by molar-refractivity contribution is 6.11. The highest BCUT2D eigenvalue weighted by atomic mass is 15.1. The molecule has 0 N–H and O–H groups in total. The molecule has 4 aliphatic rings. The molecule has 3 atom stereocenters. The Morgan fingerprint density at radius 1 is 0.475 bits per heavy atom. The van der Waals surface area contributed by atoms with Crippen LogP contribution in [-0.2, 0) is 5.41 Å². The lowest BCUT2D eigenvalue weighted by Crippen LogP contribution is -2.59. The van der Waals surface area contributed by atoms with Crippen LogP contribution in [0.15, 0.2) is 230 Å². The van der Waals surface area contributed by atoms with Gasteiger partial charge in [0.25, 0.3) is 0 Å². The molecule has 276 valence electrons. The van der Waals surface area contributed by atoms with Crippen molar-refractivity contribution in [2.45, 2.75) is 5.41 Å². The third kappa shape index (κ3) is 4.46. The summed E-state index contributed by atoms with van der Waals surface area (Å²) in [6.07, 6.45) is 14.0. The van der Waals surface area contributed by atoms with Crippen LogP contribution in [0.25, 0.3) is 60.5 Å². The first kappa shape index (κ1) is 32.6. The Morgan fingerprint density at radius 2 is 1.12 bits per heavy atom. The normalized spacial score (nSPS) is 19.3. The molecule has 3 unspecified atom stereocenters. The molecule has 9 aromatic rings. The Morgan fingerprint density at radius 3 is 1.92 bits per heavy atom. The van der Waals surface area contributed by atoms with Gasteiger partial charge in [0.15, 0.2) is 0 Å². The average Bonchev–Trinajstić information content (AvgIpc) is 3.63. The number of rotatable bonds is 6. The molecule has 1 heterocycles. The number of aromatic nitrogens is 1. The van der Waals surface area contributed by atoms with Gasteiger partial charge >= 0.3 is 0 Å². The summed E-state index contributed by atoms with van der Waals surface area (Å²) < 4.78 is 2.41. The molecular formula is C57H38N2. The first-order chi connectivity index (χ1) is 29.3. The van der Waals surface area contributed by atoms with Crippen molar-refractivity contribution in [2.75, 3.05) is 4.90 Å². The van der Waals surface area contributed by atoms with Crippen LogP contribution in [-0.4, -0.2) is 4.57 Å². The molecule has 2 nitrogen and oxygen atoms in total. The maximum atomic E-state index is 2.46. The Kier molecular flexibility index (Phi) is 6.80. The lowest BCUT2D eigenvalue weighted by Gasteiger charge is -2.64. The smallest absolute Gasteiger partial charge is 0.0541 e. The van der Waals surface area contributed by atoms with E-state index in [0.29, 0.717) is 11.8 Å². The van der Waals surface area contributed by atoms with Crippen LogP contribution in [0.2, 0.25) is 0 Å². The predicted molar refractivity (Wildman–Crippen MR) is 246 cm³/mol. The summed E-state index contributed by atoms with van der Waals surface area (Å²) in [5.74, 6) is 0.953. The third-order valence-electron chi connectivity index (χ3n) is 13.7. The molecule has 0 amide bonds. The van der Waals surface area contributed by atoms with E-state index in [4.69, 9.17) is 0 Å². The minimum atomic E-state index is -0.0349. The second kappa shape index (κ2) is 12.3. The quantitative estimate of drug-likeness (QED) is 0.164. The van der Waals surface area contributed by atoms with Crippen LogP contribution >= 0.6 is 0 Å². The van der Waals surface area contributed by atoms with Gasteiger partial charge in [-0.25, -0.2) is 0 Å². The van der Waals surface area contributed by atoms with Gasteiger partial charge in [-0.2, -0.15) is 0 Å². The van der Waals surface area contributed by atoms with Crippen molar-refractivity contribution in [1.29, 1.82) is 0 Å². The van der Waals surface area contributed by atoms with Crippen molar-refractivity contribution >= 4 is 49.6 Å². The van der Waals surface area contributed by atoms with Gasteiger partial charge in [0.05, 0.1) is 22.1 Å². The molecular weight excluding hydrogens is 713 g/mol. The molecule has 59 heavy (non-hydrogen) atoms. The van der Waals surface area contributed by atoms with E-state index in [1.807, 2.05) is 0 Å². The lowest BCUT2D eigenvalue weighted by molar-refractivity contribution is 0.233. The number of allylic oxidation sites excluding steroid dienone is 8. The molecule has 8 aromatic carbocycles. The maximum Gasteiger partial charge on any atom is 0.0541 e. The molecule has 1 saturated carbocycles. The number of hydrogen-bond donors (Lipinski definition) is 0. The van der Waals surface area contributed by atoms with Gasteiger partial charge in [0.2, 0.25) is 0 Å². The SMILES string of the molecule is C1=CC2=CC=CC3C2C(=C1)C31c2cccc3c(N(c4ccc(-c5ccccc5)cc4)c4ccc(-n5c6ccccc6c6cc(-c7ccccc7)ccc65)cc4)ccc1c23. The van der Waals surface area contributed by atoms with Crippen molar-refractivity contribution in [3.05, 3.63) is 241 Å². The van der Waals surface area contributed by atoms with Crippen LogP contribution in [0.4, 0.5) is 17.1 Å². The van der Waals surface area contributed by atoms with Crippen LogP contribution in [0.3, 0.4) is 0 Å². The molecule has 1 fully saturated rings. The Labute approximate surface area is 343 Å². The van der Waals surface area contributed by atoms with Crippen molar-refractivity contribution < 1.29 is 0 Å². The first-order valence-corrected chi connectivity index (χ1v) is 20.8. The molecule has 0 radical (unpaired) electrons. The van der Waals surface area contributed by atoms with Crippen molar-refractivity contribution in [2.24, 2.45) is 11.8 Å². The van der Waals surface area contributed by atoms with Gasteiger partial charge in [-0.05, 0) is 111 Å². The van der Waals surface area contributed by atoms with E-state index in [2.05, 4.69) is 228 Å². The summed E-state index contributed by atoms with van der Waals surface area (Å²) in [6, 6.07) is 67.1. The number of hydrogen-bond acceptors (Lipinski definition) is 1. The topological polar surface area (TPSA) is 8.17 Å². The average molecular weight is 751 g/mol. The molecule has 13 rings (SSSR count). The van der Waals surface area contributed by atoms with Crippen LogP contribution in [0, 0.1) is 11.8 Å². The monoisotopic (exact) mass is 750 g/mol. The van der Waals surface area contributed by atoms with Crippen LogP contribution in [0.5, 0.6) is 0 Å². The Balaban J connectivity index is 0.952. The van der Waals surface area contributed by atoms with Gasteiger partial charge < -0.3 is 9.47 Å². The molecule has 0 bridgehead atoms. The second-order valence-electron chi connectivity index (χ2n) is 16.4. The number of nitrogens with zero attached hydrogens (tertiary/aromatic N) is 2. The molecule has 1 aromatic heterocycles. The van der Waals surface area contributed by atoms with Gasteiger partial charge in [-0.3, -0.25) is 0 Å². The Hall–Kier alpha value is -7.42. The molecule has 1 spiro atoms. The fourth-order valence-corrected chi connectivity index (χ4v) is 11.1. The van der Waals surface area contributed by atoms with Crippen molar-refractivity contribution in [3.63, 3.8) is 0 Å². The summed E-state index contributed by atoms with van der Waals surface area (Å²) in [7, 11) is 0.